The Labute approximate surface area is 185 Å². The number of methoxy groups -OCH3 is 1. The molecule has 1 aromatic heterocycles. The average Bonchev–Trinajstić information content (AvgIpc) is 2.84. The Hall–Kier alpha value is -3.68. The number of nitrogens with zero attached hydrogens (tertiary/aromatic N) is 3. The maximum absolute atomic E-state index is 13.2. The van der Waals surface area contributed by atoms with E-state index in [1.807, 2.05) is 24.3 Å². The number of amides is 1. The molecular formula is C24H25FN4O3. The molecule has 3 aromatic rings. The third-order valence-electron chi connectivity index (χ3n) is 5.69. The number of ether oxygens (including phenoxy) is 1. The average molecular weight is 436 g/mol. The lowest BCUT2D eigenvalue weighted by Crippen LogP contribution is -2.41. The van der Waals surface area contributed by atoms with Crippen molar-refractivity contribution >= 4 is 11.7 Å². The third kappa shape index (κ3) is 4.80. The number of carbonyl (C=O) groups excluding carboxylic acids is 1. The summed E-state index contributed by atoms with van der Waals surface area (Å²) in [6, 6.07) is 16.4. The van der Waals surface area contributed by atoms with Gasteiger partial charge in [-0.25, -0.2) is 4.39 Å². The van der Waals surface area contributed by atoms with Crippen LogP contribution in [0.5, 0.6) is 5.75 Å². The van der Waals surface area contributed by atoms with Gasteiger partial charge < -0.3 is 15.0 Å². The molecule has 2 heterocycles. The van der Waals surface area contributed by atoms with Crippen LogP contribution < -0.4 is 20.5 Å². The second-order valence-electron chi connectivity index (χ2n) is 7.71. The molecule has 1 saturated heterocycles. The van der Waals surface area contributed by atoms with Crippen molar-refractivity contribution in [1.82, 2.24) is 15.1 Å². The molecular weight excluding hydrogens is 411 g/mol. The van der Waals surface area contributed by atoms with Gasteiger partial charge in [-0.15, -0.1) is 5.10 Å². The molecule has 1 amide bonds. The summed E-state index contributed by atoms with van der Waals surface area (Å²) in [5.74, 6) is 0.986. The standard InChI is InChI=1S/C24H25FN4O3/c1-32-21-5-3-2-4-18(21)16-26-24(31)17-12-14-28(15-13-17)22-10-11-23(30)29(27-22)20-8-6-19(25)7-9-20/h2-11,17H,12-16H2,1H3,(H,26,31). The van der Waals surface area contributed by atoms with Crippen LogP contribution in [-0.4, -0.2) is 35.9 Å². The zero-order valence-electron chi connectivity index (χ0n) is 17.8. The first-order valence-electron chi connectivity index (χ1n) is 10.6. The minimum Gasteiger partial charge on any atom is -0.496 e. The first kappa shape index (κ1) is 21.5. The van der Waals surface area contributed by atoms with Gasteiger partial charge in [-0.3, -0.25) is 9.59 Å². The fraction of sp³-hybridized carbons (Fsp3) is 0.292. The lowest BCUT2D eigenvalue weighted by atomic mass is 9.96. The van der Waals surface area contributed by atoms with Crippen LogP contribution in [0.15, 0.2) is 65.5 Å². The number of aromatic nitrogens is 2. The number of hydrogen-bond donors (Lipinski definition) is 1. The van der Waals surface area contributed by atoms with E-state index >= 15 is 0 Å². The zero-order chi connectivity index (χ0) is 22.5. The number of anilines is 1. The second-order valence-corrected chi connectivity index (χ2v) is 7.71. The molecule has 32 heavy (non-hydrogen) atoms. The molecule has 166 valence electrons. The maximum Gasteiger partial charge on any atom is 0.271 e. The van der Waals surface area contributed by atoms with Gasteiger partial charge in [-0.1, -0.05) is 18.2 Å². The topological polar surface area (TPSA) is 76.5 Å². The van der Waals surface area contributed by atoms with E-state index in [2.05, 4.69) is 15.3 Å². The SMILES string of the molecule is COc1ccccc1CNC(=O)C1CCN(c2ccc(=O)n(-c3ccc(F)cc3)n2)CC1. The van der Waals surface area contributed by atoms with Crippen molar-refractivity contribution in [3.63, 3.8) is 0 Å². The highest BCUT2D eigenvalue weighted by Crippen LogP contribution is 2.23. The molecule has 1 fully saturated rings. The lowest BCUT2D eigenvalue weighted by molar-refractivity contribution is -0.125. The van der Waals surface area contributed by atoms with Crippen LogP contribution >= 0.6 is 0 Å². The van der Waals surface area contributed by atoms with Gasteiger partial charge in [0.15, 0.2) is 0 Å². The van der Waals surface area contributed by atoms with E-state index in [0.29, 0.717) is 44.0 Å². The molecule has 4 rings (SSSR count). The number of nitrogens with one attached hydrogen (secondary N) is 1. The molecule has 0 radical (unpaired) electrons. The summed E-state index contributed by atoms with van der Waals surface area (Å²) in [7, 11) is 1.61. The predicted octanol–water partition coefficient (Wildman–Crippen LogP) is 2.91. The fourth-order valence-electron chi connectivity index (χ4n) is 3.88. The fourth-order valence-corrected chi connectivity index (χ4v) is 3.88. The summed E-state index contributed by atoms with van der Waals surface area (Å²) in [5, 5.41) is 7.47. The summed E-state index contributed by atoms with van der Waals surface area (Å²) in [6.07, 6.45) is 1.38. The van der Waals surface area contributed by atoms with Gasteiger partial charge in [-0.2, -0.15) is 4.68 Å². The normalized spacial score (nSPS) is 14.2. The molecule has 1 aliphatic heterocycles. The first-order valence-corrected chi connectivity index (χ1v) is 10.6. The first-order chi connectivity index (χ1) is 15.5. The third-order valence-corrected chi connectivity index (χ3v) is 5.69. The summed E-state index contributed by atoms with van der Waals surface area (Å²) >= 11 is 0. The van der Waals surface area contributed by atoms with Gasteiger partial charge >= 0.3 is 0 Å². The molecule has 2 aromatic carbocycles. The van der Waals surface area contributed by atoms with Crippen LogP contribution in [0, 0.1) is 11.7 Å². The van der Waals surface area contributed by atoms with Gasteiger partial charge in [0.05, 0.1) is 12.8 Å². The van der Waals surface area contributed by atoms with Crippen LogP contribution in [0.1, 0.15) is 18.4 Å². The maximum atomic E-state index is 13.2. The van der Waals surface area contributed by atoms with Crippen LogP contribution in [0.25, 0.3) is 5.69 Å². The number of piperidine rings is 1. The van der Waals surface area contributed by atoms with Gasteiger partial charge in [0, 0.05) is 37.2 Å². The summed E-state index contributed by atoms with van der Waals surface area (Å²) < 4.78 is 19.8. The Balaban J connectivity index is 1.37. The molecule has 0 atom stereocenters. The van der Waals surface area contributed by atoms with Crippen LogP contribution in [-0.2, 0) is 11.3 Å². The smallest absolute Gasteiger partial charge is 0.271 e. The highest BCUT2D eigenvalue weighted by atomic mass is 19.1. The Kier molecular flexibility index (Phi) is 6.49. The summed E-state index contributed by atoms with van der Waals surface area (Å²) in [4.78, 5) is 27.0. The van der Waals surface area contributed by atoms with Crippen molar-refractivity contribution in [3.8, 4) is 11.4 Å². The van der Waals surface area contributed by atoms with E-state index in [0.717, 1.165) is 11.3 Å². The van der Waals surface area contributed by atoms with Crippen molar-refractivity contribution in [3.05, 3.63) is 82.4 Å². The number of rotatable bonds is 6. The van der Waals surface area contributed by atoms with Crippen molar-refractivity contribution in [2.75, 3.05) is 25.1 Å². The van der Waals surface area contributed by atoms with E-state index in [4.69, 9.17) is 4.74 Å². The van der Waals surface area contributed by atoms with Crippen LogP contribution in [0.4, 0.5) is 10.2 Å². The molecule has 0 unspecified atom stereocenters. The second kappa shape index (κ2) is 9.64. The Morgan fingerprint density at radius 1 is 1.09 bits per heavy atom. The van der Waals surface area contributed by atoms with Crippen molar-refractivity contribution in [2.45, 2.75) is 19.4 Å². The quantitative estimate of drug-likeness (QED) is 0.643. The number of halogens is 1. The summed E-state index contributed by atoms with van der Waals surface area (Å²) in [6.45, 7) is 1.73. The highest BCUT2D eigenvalue weighted by Gasteiger charge is 2.26. The molecule has 1 N–H and O–H groups in total. The Bertz CT molecular complexity index is 1140. The van der Waals surface area contributed by atoms with Crippen LogP contribution in [0.3, 0.4) is 0 Å². The van der Waals surface area contributed by atoms with Gasteiger partial charge in [0.2, 0.25) is 5.91 Å². The number of benzene rings is 2. The van der Waals surface area contributed by atoms with Crippen LogP contribution in [0.2, 0.25) is 0 Å². The number of carbonyl (C=O) groups is 1. The van der Waals surface area contributed by atoms with E-state index < -0.39 is 0 Å². The Morgan fingerprint density at radius 2 is 1.81 bits per heavy atom. The summed E-state index contributed by atoms with van der Waals surface area (Å²) in [5.41, 5.74) is 1.16. The Morgan fingerprint density at radius 3 is 2.53 bits per heavy atom. The zero-order valence-corrected chi connectivity index (χ0v) is 17.8. The molecule has 8 heteroatoms. The molecule has 0 saturated carbocycles. The molecule has 0 bridgehead atoms. The minimum atomic E-state index is -0.371. The molecule has 1 aliphatic rings. The van der Waals surface area contributed by atoms with E-state index in [1.165, 1.54) is 35.0 Å². The minimum absolute atomic E-state index is 0.0276. The monoisotopic (exact) mass is 436 g/mol. The van der Waals surface area contributed by atoms with Crippen molar-refractivity contribution in [1.29, 1.82) is 0 Å². The van der Waals surface area contributed by atoms with Crippen molar-refractivity contribution < 1.29 is 13.9 Å². The van der Waals surface area contributed by atoms with Gasteiger partial charge in [0.25, 0.3) is 5.56 Å². The molecule has 0 spiro atoms. The molecule has 0 aliphatic carbocycles. The van der Waals surface area contributed by atoms with E-state index in [1.54, 1.807) is 13.2 Å². The van der Waals surface area contributed by atoms with E-state index in [9.17, 15) is 14.0 Å². The number of para-hydroxylation sites is 1. The number of hydrogen-bond acceptors (Lipinski definition) is 5. The highest BCUT2D eigenvalue weighted by molar-refractivity contribution is 5.79. The predicted molar refractivity (Wildman–Crippen MR) is 120 cm³/mol. The van der Waals surface area contributed by atoms with Crippen molar-refractivity contribution in [2.24, 2.45) is 5.92 Å². The largest absolute Gasteiger partial charge is 0.496 e. The van der Waals surface area contributed by atoms with E-state index in [-0.39, 0.29) is 23.2 Å². The lowest BCUT2D eigenvalue weighted by Gasteiger charge is -2.32. The van der Waals surface area contributed by atoms with Gasteiger partial charge in [0.1, 0.15) is 17.4 Å². The molecule has 7 nitrogen and oxygen atoms in total. The van der Waals surface area contributed by atoms with Gasteiger partial charge in [-0.05, 0) is 49.2 Å².